The molecule has 1 aliphatic rings. The van der Waals surface area contributed by atoms with Crippen molar-refractivity contribution in [2.75, 3.05) is 7.11 Å². The summed E-state index contributed by atoms with van der Waals surface area (Å²) in [7, 11) is 1.69. The molecular weight excluding hydrogens is 244 g/mol. The maximum Gasteiger partial charge on any atom is 0.123 e. The van der Waals surface area contributed by atoms with Crippen LogP contribution in [0.4, 0.5) is 0 Å². The van der Waals surface area contributed by atoms with E-state index in [-0.39, 0.29) is 0 Å². The lowest BCUT2D eigenvalue weighted by Gasteiger charge is -2.01. The van der Waals surface area contributed by atoms with E-state index < -0.39 is 0 Å². The third-order valence-electron chi connectivity index (χ3n) is 3.02. The Morgan fingerprint density at radius 3 is 3.11 bits per heavy atom. The van der Waals surface area contributed by atoms with Crippen molar-refractivity contribution in [2.45, 2.75) is 25.4 Å². The Labute approximate surface area is 111 Å². The van der Waals surface area contributed by atoms with E-state index in [1.807, 2.05) is 18.2 Å². The van der Waals surface area contributed by atoms with Gasteiger partial charge in [-0.2, -0.15) is 0 Å². The first-order valence-electron chi connectivity index (χ1n) is 6.17. The zero-order valence-electron chi connectivity index (χ0n) is 10.3. The highest BCUT2D eigenvalue weighted by Crippen LogP contribution is 2.27. The number of aromatic nitrogens is 1. The van der Waals surface area contributed by atoms with Crippen LogP contribution in [0, 0.1) is 0 Å². The molecule has 1 fully saturated rings. The fraction of sp³-hybridized carbons (Fsp3) is 0.357. The van der Waals surface area contributed by atoms with Crippen molar-refractivity contribution in [1.82, 2.24) is 10.3 Å². The van der Waals surface area contributed by atoms with Gasteiger partial charge in [0.2, 0.25) is 0 Å². The normalized spacial score (nSPS) is 14.7. The van der Waals surface area contributed by atoms with Gasteiger partial charge >= 0.3 is 0 Å². The summed E-state index contributed by atoms with van der Waals surface area (Å²) in [4.78, 5) is 4.66. The lowest BCUT2D eigenvalue weighted by Crippen LogP contribution is -2.15. The minimum Gasteiger partial charge on any atom is -0.497 e. The molecule has 0 atom stereocenters. The maximum atomic E-state index is 5.23. The van der Waals surface area contributed by atoms with Crippen LogP contribution in [-0.4, -0.2) is 18.1 Å². The van der Waals surface area contributed by atoms with Crippen LogP contribution < -0.4 is 10.1 Å². The van der Waals surface area contributed by atoms with Crippen LogP contribution in [0.15, 0.2) is 29.6 Å². The molecule has 0 amide bonds. The van der Waals surface area contributed by atoms with Crippen LogP contribution in [0.3, 0.4) is 0 Å². The molecule has 0 bridgehead atoms. The maximum absolute atomic E-state index is 5.23. The summed E-state index contributed by atoms with van der Waals surface area (Å²) < 4.78 is 5.23. The topological polar surface area (TPSA) is 34.1 Å². The number of ether oxygens (including phenoxy) is 1. The van der Waals surface area contributed by atoms with Gasteiger partial charge in [0.25, 0.3) is 0 Å². The van der Waals surface area contributed by atoms with Crippen molar-refractivity contribution in [2.24, 2.45) is 0 Å². The monoisotopic (exact) mass is 260 g/mol. The lowest BCUT2D eigenvalue weighted by molar-refractivity contribution is 0.415. The summed E-state index contributed by atoms with van der Waals surface area (Å²) in [5.74, 6) is 0.875. The van der Waals surface area contributed by atoms with Gasteiger partial charge in [0.05, 0.1) is 12.8 Å². The minimum absolute atomic E-state index is 0.729. The molecular formula is C14H16N2OS. The second-order valence-electron chi connectivity index (χ2n) is 4.53. The average molecular weight is 260 g/mol. The summed E-state index contributed by atoms with van der Waals surface area (Å²) >= 11 is 1.69. The molecule has 1 heterocycles. The number of hydrogen-bond acceptors (Lipinski definition) is 4. The van der Waals surface area contributed by atoms with Gasteiger partial charge in [-0.15, -0.1) is 11.3 Å². The quantitative estimate of drug-likeness (QED) is 0.897. The molecule has 1 aromatic carbocycles. The van der Waals surface area contributed by atoms with E-state index in [4.69, 9.17) is 4.74 Å². The number of nitrogens with one attached hydrogen (secondary N) is 1. The third kappa shape index (κ3) is 2.71. The zero-order valence-corrected chi connectivity index (χ0v) is 11.2. The van der Waals surface area contributed by atoms with Crippen molar-refractivity contribution >= 4 is 11.3 Å². The van der Waals surface area contributed by atoms with Crippen molar-refractivity contribution in [1.29, 1.82) is 0 Å². The van der Waals surface area contributed by atoms with E-state index in [2.05, 4.69) is 21.7 Å². The van der Waals surface area contributed by atoms with Gasteiger partial charge in [-0.25, -0.2) is 4.98 Å². The first-order valence-corrected chi connectivity index (χ1v) is 7.05. The van der Waals surface area contributed by atoms with Gasteiger partial charge < -0.3 is 10.1 Å². The number of thiazole rings is 1. The molecule has 3 nitrogen and oxygen atoms in total. The number of methoxy groups -OCH3 is 1. The van der Waals surface area contributed by atoms with Crippen molar-refractivity contribution in [3.05, 3.63) is 35.3 Å². The Morgan fingerprint density at radius 1 is 1.44 bits per heavy atom. The molecule has 94 valence electrons. The number of benzene rings is 1. The number of nitrogens with zero attached hydrogens (tertiary/aromatic N) is 1. The Morgan fingerprint density at radius 2 is 2.33 bits per heavy atom. The van der Waals surface area contributed by atoms with E-state index in [0.29, 0.717) is 0 Å². The fourth-order valence-corrected chi connectivity index (χ4v) is 2.63. The van der Waals surface area contributed by atoms with E-state index >= 15 is 0 Å². The highest BCUT2D eigenvalue weighted by atomic mass is 32.1. The van der Waals surface area contributed by atoms with Gasteiger partial charge in [0.15, 0.2) is 0 Å². The Bertz CT molecular complexity index is 534. The molecule has 18 heavy (non-hydrogen) atoms. The molecule has 0 aliphatic heterocycles. The van der Waals surface area contributed by atoms with E-state index in [0.717, 1.165) is 34.6 Å². The van der Waals surface area contributed by atoms with Crippen LogP contribution in [0.2, 0.25) is 0 Å². The van der Waals surface area contributed by atoms with Crippen LogP contribution in [0.1, 0.15) is 18.5 Å². The highest BCUT2D eigenvalue weighted by Gasteiger charge is 2.20. The molecule has 0 unspecified atom stereocenters. The van der Waals surface area contributed by atoms with Crippen LogP contribution in [0.25, 0.3) is 10.6 Å². The lowest BCUT2D eigenvalue weighted by atomic mass is 10.2. The second kappa shape index (κ2) is 5.08. The molecule has 3 rings (SSSR count). The van der Waals surface area contributed by atoms with E-state index in [9.17, 15) is 0 Å². The van der Waals surface area contributed by atoms with Crippen LogP contribution in [-0.2, 0) is 6.54 Å². The van der Waals surface area contributed by atoms with Crippen molar-refractivity contribution < 1.29 is 4.74 Å². The minimum atomic E-state index is 0.729. The average Bonchev–Trinajstić information content (AvgIpc) is 3.13. The fourth-order valence-electron chi connectivity index (χ4n) is 1.81. The molecule has 1 N–H and O–H groups in total. The van der Waals surface area contributed by atoms with Gasteiger partial charge in [0, 0.05) is 23.5 Å². The number of rotatable bonds is 5. The smallest absolute Gasteiger partial charge is 0.123 e. The van der Waals surface area contributed by atoms with Gasteiger partial charge in [0.1, 0.15) is 10.8 Å². The Kier molecular flexibility index (Phi) is 3.30. The summed E-state index contributed by atoms with van der Waals surface area (Å²) in [6, 6.07) is 8.77. The SMILES string of the molecule is COc1cccc(-c2nc(CNC3CC3)cs2)c1. The summed E-state index contributed by atoms with van der Waals surface area (Å²) in [5.41, 5.74) is 2.25. The Hall–Kier alpha value is -1.39. The zero-order chi connectivity index (χ0) is 12.4. The molecule has 2 aromatic rings. The third-order valence-corrected chi connectivity index (χ3v) is 3.96. The molecule has 4 heteroatoms. The van der Waals surface area contributed by atoms with Crippen LogP contribution in [0.5, 0.6) is 5.75 Å². The van der Waals surface area contributed by atoms with E-state index in [1.54, 1.807) is 18.4 Å². The summed E-state index contributed by atoms with van der Waals surface area (Å²) in [6.45, 7) is 0.880. The molecule has 1 aromatic heterocycles. The first-order chi connectivity index (χ1) is 8.85. The molecule has 0 spiro atoms. The second-order valence-corrected chi connectivity index (χ2v) is 5.39. The predicted molar refractivity (Wildman–Crippen MR) is 74.0 cm³/mol. The van der Waals surface area contributed by atoms with E-state index in [1.165, 1.54) is 12.8 Å². The van der Waals surface area contributed by atoms with Crippen molar-refractivity contribution in [3.8, 4) is 16.3 Å². The summed E-state index contributed by atoms with van der Waals surface area (Å²) in [5, 5.41) is 6.67. The van der Waals surface area contributed by atoms with Crippen molar-refractivity contribution in [3.63, 3.8) is 0 Å². The molecule has 0 saturated heterocycles. The largest absolute Gasteiger partial charge is 0.497 e. The molecule has 1 aliphatic carbocycles. The van der Waals surface area contributed by atoms with Gasteiger partial charge in [-0.3, -0.25) is 0 Å². The molecule has 0 radical (unpaired) electrons. The van der Waals surface area contributed by atoms with Gasteiger partial charge in [-0.05, 0) is 25.0 Å². The predicted octanol–water partition coefficient (Wildman–Crippen LogP) is 3.07. The number of hydrogen-bond donors (Lipinski definition) is 1. The van der Waals surface area contributed by atoms with Gasteiger partial charge in [-0.1, -0.05) is 12.1 Å². The van der Waals surface area contributed by atoms with Crippen LogP contribution >= 0.6 is 11.3 Å². The summed E-state index contributed by atoms with van der Waals surface area (Å²) in [6.07, 6.45) is 2.62. The highest BCUT2D eigenvalue weighted by molar-refractivity contribution is 7.13. The first kappa shape index (κ1) is 11.7. The molecule has 1 saturated carbocycles. The Balaban J connectivity index is 1.74. The standard InChI is InChI=1S/C14H16N2OS/c1-17-13-4-2-3-10(7-13)14-16-12(9-18-14)8-15-11-5-6-11/h2-4,7,9,11,15H,5-6,8H2,1H3.